The zero-order valence-electron chi connectivity index (χ0n) is 36.1. The first-order valence-corrected chi connectivity index (χ1v) is 20.8. The van der Waals surface area contributed by atoms with Crippen LogP contribution in [0.4, 0.5) is 0 Å². The van der Waals surface area contributed by atoms with Crippen LogP contribution in [0.3, 0.4) is 0 Å². The van der Waals surface area contributed by atoms with Crippen molar-refractivity contribution in [3.63, 3.8) is 0 Å². The van der Waals surface area contributed by atoms with Crippen LogP contribution in [-0.2, 0) is 7.05 Å². The fourth-order valence-corrected chi connectivity index (χ4v) is 9.83. The van der Waals surface area contributed by atoms with Crippen molar-refractivity contribution < 1.29 is 9.30 Å². The number of aromatic nitrogens is 1. The zero-order chi connectivity index (χ0) is 41.3. The molecule has 7 aromatic carbocycles. The van der Waals surface area contributed by atoms with E-state index in [-0.39, 0.29) is 0 Å². The zero-order valence-corrected chi connectivity index (χ0v) is 36.1. The Morgan fingerprint density at radius 3 is 1.02 bits per heavy atom. The van der Waals surface area contributed by atoms with Crippen molar-refractivity contribution in [1.82, 2.24) is 0 Å². The molecule has 0 N–H and O–H groups in total. The van der Waals surface area contributed by atoms with Crippen LogP contribution in [0.5, 0.6) is 5.75 Å². The van der Waals surface area contributed by atoms with E-state index in [0.29, 0.717) is 0 Å². The predicted molar refractivity (Wildman–Crippen MR) is 249 cm³/mol. The summed E-state index contributed by atoms with van der Waals surface area (Å²) in [6, 6.07) is 47.4. The largest absolute Gasteiger partial charge is 0.496 e. The normalized spacial score (nSPS) is 11.6. The van der Waals surface area contributed by atoms with Crippen LogP contribution < -0.4 is 9.30 Å². The van der Waals surface area contributed by atoms with E-state index in [9.17, 15) is 0 Å². The molecule has 0 atom stereocenters. The number of rotatable bonds is 1. The van der Waals surface area contributed by atoms with Crippen molar-refractivity contribution >= 4 is 0 Å². The third-order valence-corrected chi connectivity index (χ3v) is 13.6. The van der Waals surface area contributed by atoms with E-state index >= 15 is 0 Å². The minimum atomic E-state index is 0.874. The summed E-state index contributed by atoms with van der Waals surface area (Å²) in [5, 5.41) is 0. The van der Waals surface area contributed by atoms with E-state index < -0.39 is 0 Å². The van der Waals surface area contributed by atoms with Crippen LogP contribution in [0.1, 0.15) is 44.5 Å². The Bertz CT molecular complexity index is 2890. The third-order valence-electron chi connectivity index (χ3n) is 13.6. The molecule has 0 fully saturated rings. The van der Waals surface area contributed by atoms with Crippen molar-refractivity contribution in [2.45, 2.75) is 55.4 Å². The highest BCUT2D eigenvalue weighted by atomic mass is 16.5. The Morgan fingerprint density at radius 1 is 0.322 bits per heavy atom. The Balaban J connectivity index is 1.20. The van der Waals surface area contributed by atoms with Gasteiger partial charge in [0.25, 0.3) is 0 Å². The molecule has 59 heavy (non-hydrogen) atoms. The smallest absolute Gasteiger partial charge is 0.212 e. The first-order chi connectivity index (χ1) is 28.4. The molecule has 290 valence electrons. The van der Waals surface area contributed by atoms with Crippen LogP contribution in [-0.4, -0.2) is 7.11 Å². The van der Waals surface area contributed by atoms with Gasteiger partial charge >= 0.3 is 0 Å². The van der Waals surface area contributed by atoms with Gasteiger partial charge in [0.05, 0.1) is 7.11 Å². The van der Waals surface area contributed by atoms with E-state index in [4.69, 9.17) is 4.74 Å². The lowest BCUT2D eigenvalue weighted by Gasteiger charge is -2.22. The van der Waals surface area contributed by atoms with Gasteiger partial charge in [0.1, 0.15) is 12.8 Å². The Morgan fingerprint density at radius 2 is 0.627 bits per heavy atom. The fourth-order valence-electron chi connectivity index (χ4n) is 9.83. The maximum absolute atomic E-state index is 6.10. The standard InChI is InChI=1S/C57H52NO/c1-33-35(3)55-36(4)34(2)54(33)47-23-15-43(16-24-47)41-11-19-45(20-12-41)51-29-27-49(31-53(51)59-10)56-37(5)39(7)57(40(8)38(56)6)50-28-30-52(58(9)32-50)46-21-13-42(14-22-46)44-17-25-48(55)26-18-44/h11-32H,1-10H3/q+1. The SMILES string of the molecule is COc1cc2ccc1-c1ccc(cc1)-c1ccc(cc1)-c1c(C)c(C)c(c(C)c1C)-c1ccc(cc1)-c1ccc(cc1)-c1ccc(c[n+]1C)-c1c(C)c(C)c-2c(C)c1C. The van der Waals surface area contributed by atoms with Gasteiger partial charge in [-0.2, -0.15) is 0 Å². The van der Waals surface area contributed by atoms with Crippen LogP contribution in [0.25, 0.3) is 89.1 Å². The molecule has 1 aromatic heterocycles. The topological polar surface area (TPSA) is 13.1 Å². The van der Waals surface area contributed by atoms with Crippen molar-refractivity contribution in [3.05, 3.63) is 178 Å². The Hall–Kier alpha value is -6.51. The van der Waals surface area contributed by atoms with Crippen molar-refractivity contribution in [3.8, 4) is 94.9 Å². The van der Waals surface area contributed by atoms with Crippen molar-refractivity contribution in [1.29, 1.82) is 0 Å². The molecule has 0 radical (unpaired) electrons. The number of methoxy groups -OCH3 is 1. The van der Waals surface area contributed by atoms with Crippen LogP contribution >= 0.6 is 0 Å². The molecule has 22 aliphatic rings. The highest BCUT2D eigenvalue weighted by molar-refractivity contribution is 5.87. The molecule has 2 nitrogen and oxygen atoms in total. The number of ether oxygens (including phenoxy) is 1. The van der Waals surface area contributed by atoms with Gasteiger partial charge in [-0.05, 0) is 191 Å². The first-order valence-electron chi connectivity index (χ1n) is 20.8. The number of hydrogen-bond acceptors (Lipinski definition) is 1. The van der Waals surface area contributed by atoms with Crippen molar-refractivity contribution in [2.24, 2.45) is 7.05 Å². The molecule has 30 rings (SSSR count). The van der Waals surface area contributed by atoms with Gasteiger partial charge in [0, 0.05) is 22.8 Å². The van der Waals surface area contributed by atoms with Gasteiger partial charge in [0.15, 0.2) is 6.20 Å². The second-order valence-electron chi connectivity index (χ2n) is 16.6. The summed E-state index contributed by atoms with van der Waals surface area (Å²) in [5.74, 6) is 0.874. The van der Waals surface area contributed by atoms with E-state index in [0.717, 1.165) is 16.9 Å². The third kappa shape index (κ3) is 6.30. The Labute approximate surface area is 350 Å². The maximum Gasteiger partial charge on any atom is 0.212 e. The summed E-state index contributed by atoms with van der Waals surface area (Å²) < 4.78 is 8.36. The summed E-state index contributed by atoms with van der Waals surface area (Å²) in [4.78, 5) is 0. The quantitative estimate of drug-likeness (QED) is 0.152. The molecule has 16 bridgehead atoms. The Kier molecular flexibility index (Phi) is 9.48. The molecule has 0 unspecified atom stereocenters. The second-order valence-corrected chi connectivity index (χ2v) is 16.6. The summed E-state index contributed by atoms with van der Waals surface area (Å²) >= 11 is 0. The fraction of sp³-hybridized carbons (Fsp3) is 0.175. The lowest BCUT2D eigenvalue weighted by Crippen LogP contribution is -2.30. The van der Waals surface area contributed by atoms with Crippen molar-refractivity contribution in [2.75, 3.05) is 7.11 Å². The van der Waals surface area contributed by atoms with Gasteiger partial charge in [0.2, 0.25) is 5.69 Å². The molecule has 2 heteroatoms. The number of aryl methyl sites for hydroxylation is 1. The summed E-state index contributed by atoms with van der Waals surface area (Å²) in [7, 11) is 3.94. The molecule has 4 aliphatic heterocycles. The number of hydrogen-bond donors (Lipinski definition) is 0. The highest BCUT2D eigenvalue weighted by Gasteiger charge is 2.22. The van der Waals surface area contributed by atoms with E-state index in [2.05, 4.69) is 201 Å². The predicted octanol–water partition coefficient (Wildman–Crippen LogP) is 14.6. The molecule has 18 aliphatic carbocycles. The van der Waals surface area contributed by atoms with Gasteiger partial charge in [-0.25, -0.2) is 4.57 Å². The first kappa shape index (κ1) is 38.0. The minimum Gasteiger partial charge on any atom is -0.496 e. The number of benzene rings is 7. The molecule has 5 heterocycles. The van der Waals surface area contributed by atoms with Gasteiger partial charge in [-0.1, -0.05) is 97.1 Å². The molecule has 0 spiro atoms. The van der Waals surface area contributed by atoms with Gasteiger partial charge in [-0.15, -0.1) is 0 Å². The molecular formula is C57H52NO+. The minimum absolute atomic E-state index is 0.874. The summed E-state index contributed by atoms with van der Waals surface area (Å²) in [6.45, 7) is 18.2. The molecule has 0 saturated carbocycles. The van der Waals surface area contributed by atoms with E-state index in [1.807, 2.05) is 0 Å². The van der Waals surface area contributed by atoms with Gasteiger partial charge < -0.3 is 4.74 Å². The molecule has 0 saturated heterocycles. The average Bonchev–Trinajstić information content (AvgIpc) is 3.26. The highest BCUT2D eigenvalue weighted by Crippen LogP contribution is 2.43. The monoisotopic (exact) mass is 766 g/mol. The summed E-state index contributed by atoms with van der Waals surface area (Å²) in [6.07, 6.45) is 2.29. The van der Waals surface area contributed by atoms with Gasteiger partial charge in [-0.3, -0.25) is 0 Å². The lowest BCUT2D eigenvalue weighted by molar-refractivity contribution is -0.659. The van der Waals surface area contributed by atoms with Crippen LogP contribution in [0, 0.1) is 55.4 Å². The molecular weight excluding hydrogens is 715 g/mol. The second kappa shape index (κ2) is 14.7. The number of pyridine rings is 1. The average molecular weight is 767 g/mol. The van der Waals surface area contributed by atoms with E-state index in [1.54, 1.807) is 7.11 Å². The molecule has 8 aromatic rings. The van der Waals surface area contributed by atoms with Crippen LogP contribution in [0.15, 0.2) is 134 Å². The molecule has 0 amide bonds. The summed E-state index contributed by atoms with van der Waals surface area (Å²) in [5.41, 5.74) is 30.1. The lowest BCUT2D eigenvalue weighted by atomic mass is 9.83. The number of nitrogens with zero attached hydrogens (tertiary/aromatic N) is 1. The van der Waals surface area contributed by atoms with E-state index in [1.165, 1.54) is 123 Å². The van der Waals surface area contributed by atoms with Crippen LogP contribution in [0.2, 0.25) is 0 Å². The maximum atomic E-state index is 6.10.